The molecular weight excluding hydrogens is 519 g/mol. The smallest absolute Gasteiger partial charge is 0.346 e. The SMILES string of the molecule is CCCCCCCCCCCCOC(OCCCCCCCCCCCC)C(OCC)(OCC)OP(=O)(O)O. The quantitative estimate of drug-likeness (QED) is 0.0474. The maximum absolute atomic E-state index is 11.8. The monoisotopic (exact) mass is 582 g/mol. The first-order valence-electron chi connectivity index (χ1n) is 16.1. The van der Waals surface area contributed by atoms with Gasteiger partial charge in [-0.05, 0) is 26.7 Å². The first kappa shape index (κ1) is 39.0. The zero-order valence-electron chi connectivity index (χ0n) is 25.8. The number of unbranched alkanes of at least 4 members (excludes halogenated alkanes) is 18. The van der Waals surface area contributed by atoms with Crippen LogP contribution in [-0.2, 0) is 28.0 Å². The minimum absolute atomic E-state index is 0.111. The molecule has 0 unspecified atom stereocenters. The van der Waals surface area contributed by atoms with Crippen LogP contribution in [0.15, 0.2) is 0 Å². The molecule has 0 heterocycles. The van der Waals surface area contributed by atoms with Crippen molar-refractivity contribution in [2.45, 2.75) is 168 Å². The second-order valence-electron chi connectivity index (χ2n) is 10.5. The minimum Gasteiger partial charge on any atom is -0.346 e. The van der Waals surface area contributed by atoms with Crippen LogP contribution in [0.25, 0.3) is 0 Å². The van der Waals surface area contributed by atoms with Gasteiger partial charge in [-0.15, -0.1) is 0 Å². The van der Waals surface area contributed by atoms with Crippen molar-refractivity contribution < 1.29 is 37.8 Å². The van der Waals surface area contributed by atoms with Gasteiger partial charge in [0.2, 0.25) is 6.29 Å². The lowest BCUT2D eigenvalue weighted by atomic mass is 10.1. The second-order valence-corrected chi connectivity index (χ2v) is 11.7. The topological polar surface area (TPSA) is 104 Å². The Balaban J connectivity index is 4.66. The van der Waals surface area contributed by atoms with Crippen LogP contribution in [0.4, 0.5) is 0 Å². The lowest BCUT2D eigenvalue weighted by Crippen LogP contribution is -2.52. The maximum Gasteiger partial charge on any atom is 0.474 e. The van der Waals surface area contributed by atoms with E-state index in [9.17, 15) is 14.4 Å². The molecule has 0 aromatic rings. The van der Waals surface area contributed by atoms with Gasteiger partial charge in [0.15, 0.2) is 0 Å². The van der Waals surface area contributed by atoms with Gasteiger partial charge in [-0.3, -0.25) is 0 Å². The van der Waals surface area contributed by atoms with Crippen molar-refractivity contribution >= 4 is 7.82 Å². The average molecular weight is 583 g/mol. The van der Waals surface area contributed by atoms with E-state index < -0.39 is 20.1 Å². The van der Waals surface area contributed by atoms with E-state index in [4.69, 9.17) is 23.5 Å². The number of phosphoric ester groups is 1. The highest BCUT2D eigenvalue weighted by molar-refractivity contribution is 7.46. The second kappa shape index (κ2) is 26.8. The molecule has 0 aliphatic rings. The van der Waals surface area contributed by atoms with Crippen molar-refractivity contribution in [2.75, 3.05) is 26.4 Å². The van der Waals surface area contributed by atoms with Gasteiger partial charge in [-0.25, -0.2) is 9.09 Å². The molecular formula is C30H63O8P. The van der Waals surface area contributed by atoms with Gasteiger partial charge in [-0.1, -0.05) is 129 Å². The summed E-state index contributed by atoms with van der Waals surface area (Å²) < 4.78 is 40.1. The number of rotatable bonds is 31. The van der Waals surface area contributed by atoms with Crippen molar-refractivity contribution in [1.29, 1.82) is 0 Å². The largest absolute Gasteiger partial charge is 0.474 e. The molecule has 0 saturated carbocycles. The van der Waals surface area contributed by atoms with E-state index in [1.807, 2.05) is 0 Å². The molecule has 0 aromatic carbocycles. The van der Waals surface area contributed by atoms with Gasteiger partial charge in [0.1, 0.15) is 0 Å². The van der Waals surface area contributed by atoms with Crippen molar-refractivity contribution in [3.8, 4) is 0 Å². The third-order valence-corrected chi connectivity index (χ3v) is 7.25. The summed E-state index contributed by atoms with van der Waals surface area (Å²) in [5.41, 5.74) is 0. The Morgan fingerprint density at radius 2 is 0.846 bits per heavy atom. The number of phosphoric acid groups is 1. The molecule has 9 heteroatoms. The predicted octanol–water partition coefficient (Wildman–Crippen LogP) is 9.02. The number of hydrogen-bond acceptors (Lipinski definition) is 6. The molecule has 0 atom stereocenters. The van der Waals surface area contributed by atoms with Crippen molar-refractivity contribution in [3.63, 3.8) is 0 Å². The molecule has 0 fully saturated rings. The van der Waals surface area contributed by atoms with Crippen LogP contribution in [0.5, 0.6) is 0 Å². The molecule has 0 aromatic heterocycles. The number of hydrogen-bond donors (Lipinski definition) is 2. The minimum atomic E-state index is -4.95. The summed E-state index contributed by atoms with van der Waals surface area (Å²) in [5.74, 6) is -2.13. The highest BCUT2D eigenvalue weighted by atomic mass is 31.2. The lowest BCUT2D eigenvalue weighted by molar-refractivity contribution is -0.431. The molecule has 0 saturated heterocycles. The molecule has 0 aliphatic heterocycles. The van der Waals surface area contributed by atoms with Crippen LogP contribution < -0.4 is 0 Å². The molecule has 236 valence electrons. The predicted molar refractivity (Wildman–Crippen MR) is 158 cm³/mol. The van der Waals surface area contributed by atoms with Crippen LogP contribution in [0.2, 0.25) is 0 Å². The standard InChI is InChI=1S/C30H63O8P/c1-5-9-11-13-15-17-19-21-23-25-27-34-29(30(36-7-3,37-8-4)38-39(31,32)33)35-28-26-24-22-20-18-16-14-12-10-6-2/h29H,5-28H2,1-4H3,(H2,31,32,33). The molecule has 2 N–H and O–H groups in total. The average Bonchev–Trinajstić information content (AvgIpc) is 2.88. The van der Waals surface area contributed by atoms with Crippen LogP contribution in [0, 0.1) is 0 Å². The zero-order valence-corrected chi connectivity index (χ0v) is 26.7. The van der Waals surface area contributed by atoms with E-state index in [1.165, 1.54) is 89.9 Å². The van der Waals surface area contributed by atoms with Gasteiger partial charge >= 0.3 is 13.8 Å². The fourth-order valence-electron chi connectivity index (χ4n) is 4.65. The third-order valence-electron chi connectivity index (χ3n) is 6.76. The molecule has 0 radical (unpaired) electrons. The normalized spacial score (nSPS) is 12.6. The van der Waals surface area contributed by atoms with Crippen molar-refractivity contribution in [2.24, 2.45) is 0 Å². The lowest BCUT2D eigenvalue weighted by Gasteiger charge is -2.37. The molecule has 39 heavy (non-hydrogen) atoms. The Labute approximate surface area is 240 Å². The van der Waals surface area contributed by atoms with Gasteiger partial charge in [0.25, 0.3) is 0 Å². The van der Waals surface area contributed by atoms with Gasteiger partial charge in [-0.2, -0.15) is 0 Å². The van der Waals surface area contributed by atoms with Crippen LogP contribution in [0.1, 0.15) is 156 Å². The van der Waals surface area contributed by atoms with E-state index in [2.05, 4.69) is 13.8 Å². The Morgan fingerprint density at radius 1 is 0.538 bits per heavy atom. The van der Waals surface area contributed by atoms with E-state index >= 15 is 0 Å². The van der Waals surface area contributed by atoms with E-state index in [1.54, 1.807) is 13.8 Å². The fraction of sp³-hybridized carbons (Fsp3) is 1.00. The first-order valence-corrected chi connectivity index (χ1v) is 17.7. The number of ether oxygens (including phenoxy) is 4. The Bertz CT molecular complexity index is 525. The Kier molecular flexibility index (Phi) is 26.8. The highest BCUT2D eigenvalue weighted by Gasteiger charge is 2.49. The van der Waals surface area contributed by atoms with Crippen LogP contribution in [-0.4, -0.2) is 48.5 Å². The molecule has 0 amide bonds. The van der Waals surface area contributed by atoms with Gasteiger partial charge in [0, 0.05) is 13.2 Å². The first-order chi connectivity index (χ1) is 18.8. The van der Waals surface area contributed by atoms with Crippen molar-refractivity contribution in [1.82, 2.24) is 0 Å². The summed E-state index contributed by atoms with van der Waals surface area (Å²) in [4.78, 5) is 19.2. The van der Waals surface area contributed by atoms with Gasteiger partial charge in [0.05, 0.1) is 13.2 Å². The Hall–Kier alpha value is -0.0500. The molecule has 0 spiro atoms. The summed E-state index contributed by atoms with van der Waals surface area (Å²) in [7, 11) is -4.95. The van der Waals surface area contributed by atoms with E-state index in [0.29, 0.717) is 13.2 Å². The molecule has 0 rings (SSSR count). The summed E-state index contributed by atoms with van der Waals surface area (Å²) >= 11 is 0. The molecule has 0 aliphatic carbocycles. The highest BCUT2D eigenvalue weighted by Crippen LogP contribution is 2.44. The van der Waals surface area contributed by atoms with Crippen LogP contribution >= 0.6 is 7.82 Å². The van der Waals surface area contributed by atoms with Crippen molar-refractivity contribution in [3.05, 3.63) is 0 Å². The Morgan fingerprint density at radius 3 is 1.13 bits per heavy atom. The fourth-order valence-corrected chi connectivity index (χ4v) is 5.18. The van der Waals surface area contributed by atoms with Crippen LogP contribution in [0.3, 0.4) is 0 Å². The maximum atomic E-state index is 11.8. The summed E-state index contributed by atoms with van der Waals surface area (Å²) in [5, 5.41) is 0. The van der Waals surface area contributed by atoms with E-state index in [0.717, 1.165) is 38.5 Å². The zero-order chi connectivity index (χ0) is 29.1. The van der Waals surface area contributed by atoms with E-state index in [-0.39, 0.29) is 13.2 Å². The summed E-state index contributed by atoms with van der Waals surface area (Å²) in [6.45, 7) is 8.84. The van der Waals surface area contributed by atoms with Gasteiger partial charge < -0.3 is 28.7 Å². The third kappa shape index (κ3) is 23.2. The summed E-state index contributed by atoms with van der Waals surface area (Å²) in [6, 6.07) is 0. The molecule has 8 nitrogen and oxygen atoms in total. The summed E-state index contributed by atoms with van der Waals surface area (Å²) in [6.07, 6.45) is 22.9. The molecule has 0 bridgehead atoms.